The molecule has 90 valence electrons. The highest BCUT2D eigenvalue weighted by molar-refractivity contribution is 6.00. The van der Waals surface area contributed by atoms with Crippen molar-refractivity contribution in [1.29, 1.82) is 0 Å². The van der Waals surface area contributed by atoms with Crippen LogP contribution in [-0.2, 0) is 14.4 Å². The SMILES string of the molecule is O=C(CC(C(=O)O)C(=O)O)Nc1ccccc1. The Morgan fingerprint density at radius 1 is 1.06 bits per heavy atom. The second-order valence-corrected chi connectivity index (χ2v) is 3.35. The summed E-state index contributed by atoms with van der Waals surface area (Å²) >= 11 is 0. The fraction of sp³-hybridized carbons (Fsp3) is 0.182. The number of carboxylic acids is 2. The van der Waals surface area contributed by atoms with Crippen LogP contribution >= 0.6 is 0 Å². The van der Waals surface area contributed by atoms with Gasteiger partial charge in [-0.3, -0.25) is 14.4 Å². The number of benzene rings is 1. The Balaban J connectivity index is 2.60. The molecule has 3 N–H and O–H groups in total. The average molecular weight is 237 g/mol. The third kappa shape index (κ3) is 3.94. The Hall–Kier alpha value is -2.37. The number of nitrogens with one attached hydrogen (secondary N) is 1. The van der Waals surface area contributed by atoms with E-state index in [1.165, 1.54) is 0 Å². The van der Waals surface area contributed by atoms with Gasteiger partial charge in [-0.25, -0.2) is 0 Å². The molecule has 1 aromatic carbocycles. The molecule has 0 radical (unpaired) electrons. The van der Waals surface area contributed by atoms with E-state index in [9.17, 15) is 14.4 Å². The number of rotatable bonds is 5. The quantitative estimate of drug-likeness (QED) is 0.657. The number of carbonyl (C=O) groups is 3. The maximum absolute atomic E-state index is 11.4. The maximum Gasteiger partial charge on any atom is 0.318 e. The molecule has 0 atom stereocenters. The van der Waals surface area contributed by atoms with Gasteiger partial charge >= 0.3 is 11.9 Å². The van der Waals surface area contributed by atoms with Crippen molar-refractivity contribution in [3.05, 3.63) is 30.3 Å². The van der Waals surface area contributed by atoms with Crippen LogP contribution in [0.2, 0.25) is 0 Å². The number of hydrogen-bond donors (Lipinski definition) is 3. The van der Waals surface area contributed by atoms with E-state index >= 15 is 0 Å². The molecule has 6 heteroatoms. The van der Waals surface area contributed by atoms with Crippen LogP contribution in [0.5, 0.6) is 0 Å². The third-order valence-corrected chi connectivity index (χ3v) is 2.04. The first-order chi connectivity index (χ1) is 8.00. The van der Waals surface area contributed by atoms with Crippen molar-refractivity contribution in [1.82, 2.24) is 0 Å². The molecule has 0 aliphatic heterocycles. The molecule has 1 aromatic rings. The van der Waals surface area contributed by atoms with Crippen molar-refractivity contribution in [3.63, 3.8) is 0 Å². The minimum atomic E-state index is -1.72. The van der Waals surface area contributed by atoms with E-state index in [1.807, 2.05) is 0 Å². The first-order valence-corrected chi connectivity index (χ1v) is 4.81. The average Bonchev–Trinajstić information content (AvgIpc) is 2.26. The minimum Gasteiger partial charge on any atom is -0.481 e. The number of aliphatic carboxylic acids is 2. The van der Waals surface area contributed by atoms with E-state index in [-0.39, 0.29) is 0 Å². The molecule has 1 amide bonds. The number of anilines is 1. The molecule has 0 fully saturated rings. The molecule has 0 spiro atoms. The Kier molecular flexibility index (Phi) is 4.21. The predicted octanol–water partition coefficient (Wildman–Crippen LogP) is 0.801. The monoisotopic (exact) mass is 237 g/mol. The lowest BCUT2D eigenvalue weighted by molar-refractivity contribution is -0.156. The first-order valence-electron chi connectivity index (χ1n) is 4.81. The van der Waals surface area contributed by atoms with Gasteiger partial charge < -0.3 is 15.5 Å². The molecular weight excluding hydrogens is 226 g/mol. The molecule has 0 aliphatic carbocycles. The molecule has 17 heavy (non-hydrogen) atoms. The van der Waals surface area contributed by atoms with E-state index in [1.54, 1.807) is 30.3 Å². The summed E-state index contributed by atoms with van der Waals surface area (Å²) in [5.74, 6) is -5.42. The van der Waals surface area contributed by atoms with Crippen LogP contribution in [0.1, 0.15) is 6.42 Å². The smallest absolute Gasteiger partial charge is 0.318 e. The predicted molar refractivity (Wildman–Crippen MR) is 58.5 cm³/mol. The minimum absolute atomic E-state index is 0.493. The van der Waals surface area contributed by atoms with Crippen LogP contribution in [0.15, 0.2) is 30.3 Å². The van der Waals surface area contributed by atoms with Gasteiger partial charge in [0.05, 0.1) is 6.42 Å². The number of carbonyl (C=O) groups excluding carboxylic acids is 1. The lowest BCUT2D eigenvalue weighted by Crippen LogP contribution is -2.28. The van der Waals surface area contributed by atoms with Crippen molar-refractivity contribution in [2.75, 3.05) is 5.32 Å². The number of para-hydroxylation sites is 1. The molecule has 0 saturated heterocycles. The summed E-state index contributed by atoms with van der Waals surface area (Å²) in [4.78, 5) is 32.5. The lowest BCUT2D eigenvalue weighted by atomic mass is 10.1. The number of carboxylic acid groups (broad SMARTS) is 2. The molecule has 0 saturated carbocycles. The zero-order chi connectivity index (χ0) is 12.8. The van der Waals surface area contributed by atoms with Crippen molar-refractivity contribution < 1.29 is 24.6 Å². The van der Waals surface area contributed by atoms with E-state index in [0.29, 0.717) is 5.69 Å². The molecule has 0 unspecified atom stereocenters. The van der Waals surface area contributed by atoms with Crippen LogP contribution in [0.4, 0.5) is 5.69 Å². The third-order valence-electron chi connectivity index (χ3n) is 2.04. The van der Waals surface area contributed by atoms with E-state index in [0.717, 1.165) is 0 Å². The van der Waals surface area contributed by atoms with Gasteiger partial charge in [-0.05, 0) is 12.1 Å². The van der Waals surface area contributed by atoms with Gasteiger partial charge in [-0.2, -0.15) is 0 Å². The zero-order valence-corrected chi connectivity index (χ0v) is 8.79. The molecule has 0 heterocycles. The highest BCUT2D eigenvalue weighted by atomic mass is 16.4. The van der Waals surface area contributed by atoms with Crippen molar-refractivity contribution in [2.45, 2.75) is 6.42 Å². The number of amides is 1. The highest BCUT2D eigenvalue weighted by Gasteiger charge is 2.28. The summed E-state index contributed by atoms with van der Waals surface area (Å²) in [7, 11) is 0. The summed E-state index contributed by atoms with van der Waals surface area (Å²) in [6, 6.07) is 8.39. The van der Waals surface area contributed by atoms with E-state index in [4.69, 9.17) is 10.2 Å². The summed E-state index contributed by atoms with van der Waals surface area (Å²) < 4.78 is 0. The normalized spacial score (nSPS) is 9.94. The summed E-state index contributed by atoms with van der Waals surface area (Å²) in [5.41, 5.74) is 0.493. The standard InChI is InChI=1S/C11H11NO5/c13-9(6-8(10(14)15)11(16)17)12-7-4-2-1-3-5-7/h1-5,8H,6H2,(H,12,13)(H,14,15)(H,16,17). The largest absolute Gasteiger partial charge is 0.481 e. The number of hydrogen-bond acceptors (Lipinski definition) is 3. The van der Waals surface area contributed by atoms with Gasteiger partial charge in [0.1, 0.15) is 0 Å². The van der Waals surface area contributed by atoms with Crippen molar-refractivity contribution in [2.24, 2.45) is 5.92 Å². The molecule has 0 bridgehead atoms. The van der Waals surface area contributed by atoms with E-state index in [2.05, 4.69) is 5.32 Å². The maximum atomic E-state index is 11.4. The summed E-state index contributed by atoms with van der Waals surface area (Å²) in [5, 5.41) is 19.6. The summed E-state index contributed by atoms with van der Waals surface area (Å²) in [6.07, 6.45) is -0.598. The molecule has 0 aliphatic rings. The van der Waals surface area contributed by atoms with Crippen molar-refractivity contribution in [3.8, 4) is 0 Å². The van der Waals surface area contributed by atoms with Gasteiger partial charge in [0.15, 0.2) is 5.92 Å². The highest BCUT2D eigenvalue weighted by Crippen LogP contribution is 2.09. The van der Waals surface area contributed by atoms with Gasteiger partial charge in [0, 0.05) is 5.69 Å². The van der Waals surface area contributed by atoms with Crippen LogP contribution < -0.4 is 5.32 Å². The molecular formula is C11H11NO5. The second-order valence-electron chi connectivity index (χ2n) is 3.35. The van der Waals surface area contributed by atoms with Gasteiger partial charge in [0.2, 0.25) is 5.91 Å². The Morgan fingerprint density at radius 3 is 2.06 bits per heavy atom. The molecule has 1 rings (SSSR count). The van der Waals surface area contributed by atoms with Crippen LogP contribution in [0, 0.1) is 5.92 Å². The van der Waals surface area contributed by atoms with Crippen LogP contribution in [0.25, 0.3) is 0 Å². The zero-order valence-electron chi connectivity index (χ0n) is 8.79. The van der Waals surface area contributed by atoms with Crippen molar-refractivity contribution >= 4 is 23.5 Å². The fourth-order valence-corrected chi connectivity index (χ4v) is 1.20. The van der Waals surface area contributed by atoms with Crippen LogP contribution in [0.3, 0.4) is 0 Å². The lowest BCUT2D eigenvalue weighted by Gasteiger charge is -2.08. The first kappa shape index (κ1) is 12.7. The van der Waals surface area contributed by atoms with Crippen LogP contribution in [-0.4, -0.2) is 28.1 Å². The van der Waals surface area contributed by atoms with E-state index < -0.39 is 30.2 Å². The Morgan fingerprint density at radius 2 is 1.59 bits per heavy atom. The molecule has 6 nitrogen and oxygen atoms in total. The van der Waals surface area contributed by atoms with Gasteiger partial charge in [-0.1, -0.05) is 18.2 Å². The Bertz CT molecular complexity index is 415. The fourth-order valence-electron chi connectivity index (χ4n) is 1.20. The Labute approximate surface area is 96.9 Å². The van der Waals surface area contributed by atoms with Gasteiger partial charge in [0.25, 0.3) is 0 Å². The second kappa shape index (κ2) is 5.64. The molecule has 0 aromatic heterocycles. The topological polar surface area (TPSA) is 104 Å². The summed E-state index contributed by atoms with van der Waals surface area (Å²) in [6.45, 7) is 0. The van der Waals surface area contributed by atoms with Gasteiger partial charge in [-0.15, -0.1) is 0 Å².